The monoisotopic (exact) mass is 650 g/mol. The van der Waals surface area contributed by atoms with Crippen LogP contribution in [0.15, 0.2) is 48.0 Å². The van der Waals surface area contributed by atoms with E-state index in [-0.39, 0.29) is 47.3 Å². The highest BCUT2D eigenvalue weighted by Gasteiger charge is 2.33. The Kier molecular flexibility index (Phi) is 10.3. The van der Waals surface area contributed by atoms with Gasteiger partial charge in [-0.1, -0.05) is 12.5 Å². The molecule has 3 heterocycles. The molecule has 10 nitrogen and oxygen atoms in total. The van der Waals surface area contributed by atoms with E-state index in [1.54, 1.807) is 6.07 Å². The lowest BCUT2D eigenvalue weighted by Crippen LogP contribution is -2.46. The van der Waals surface area contributed by atoms with Crippen LogP contribution in [-0.4, -0.2) is 87.0 Å². The molecular weight excluding hydrogens is 616 g/mol. The van der Waals surface area contributed by atoms with Gasteiger partial charge in [-0.15, -0.1) is 0 Å². The van der Waals surface area contributed by atoms with Gasteiger partial charge in [-0.25, -0.2) is 17.8 Å². The second-order valence-electron chi connectivity index (χ2n) is 10.7. The smallest absolute Gasteiger partial charge is 0.394 e. The first kappa shape index (κ1) is 33.6. The van der Waals surface area contributed by atoms with Gasteiger partial charge in [0.15, 0.2) is 15.5 Å². The number of anilines is 2. The van der Waals surface area contributed by atoms with Crippen molar-refractivity contribution in [1.29, 1.82) is 0 Å². The lowest BCUT2D eigenvalue weighted by atomic mass is 10.0. The summed E-state index contributed by atoms with van der Waals surface area (Å²) in [6, 6.07) is 5.27. The largest absolute Gasteiger partial charge is 0.495 e. The number of pyridine rings is 1. The van der Waals surface area contributed by atoms with E-state index in [2.05, 4.69) is 39.4 Å². The molecule has 1 fully saturated rings. The molecule has 0 bridgehead atoms. The van der Waals surface area contributed by atoms with Gasteiger partial charge >= 0.3 is 6.18 Å². The van der Waals surface area contributed by atoms with Gasteiger partial charge in [0.25, 0.3) is 0 Å². The number of fused-ring (bicyclic) bond motifs is 1. The maximum atomic E-state index is 15.0. The number of hydrogen-bond acceptors (Lipinski definition) is 8. The molecule has 0 radical (unpaired) electrons. The van der Waals surface area contributed by atoms with Crippen molar-refractivity contribution in [2.24, 2.45) is 0 Å². The Morgan fingerprint density at radius 2 is 2.02 bits per heavy atom. The third-order valence-electron chi connectivity index (χ3n) is 7.16. The van der Waals surface area contributed by atoms with Crippen LogP contribution in [-0.2, 0) is 27.6 Å². The summed E-state index contributed by atoms with van der Waals surface area (Å²) in [5.41, 5.74) is 0.984. The number of alkyl halides is 4. The average molecular weight is 651 g/mol. The molecule has 0 saturated carbocycles. The SMILES string of the molecule is C=CC(=O)NCc1cc(N[C@@H]2CCN(C)C[C@@H]2F)c2nc(C#CCNc3ccc(S(C)(=O)=O)cc3OC)c(CC(F)(F)F)n2c1. The normalized spacial score (nSPS) is 17.3. The Labute approximate surface area is 258 Å². The highest BCUT2D eigenvalue weighted by Crippen LogP contribution is 2.30. The minimum absolute atomic E-state index is 0.0174. The average Bonchev–Trinajstić information content (AvgIpc) is 3.30. The van der Waals surface area contributed by atoms with Crippen LogP contribution in [0.4, 0.5) is 28.9 Å². The Hall–Kier alpha value is -4.29. The first-order valence-electron chi connectivity index (χ1n) is 13.9. The Morgan fingerprint density at radius 1 is 1.27 bits per heavy atom. The zero-order valence-corrected chi connectivity index (χ0v) is 25.8. The van der Waals surface area contributed by atoms with Crippen LogP contribution in [0, 0.1) is 11.8 Å². The molecule has 4 rings (SSSR count). The van der Waals surface area contributed by atoms with Gasteiger partial charge in [-0.3, -0.25) is 4.79 Å². The van der Waals surface area contributed by atoms with Crippen molar-refractivity contribution >= 4 is 32.8 Å². The topological polar surface area (TPSA) is 117 Å². The Bertz CT molecular complexity index is 1750. The number of hydrogen-bond donors (Lipinski definition) is 3. The number of carbonyl (C=O) groups is 1. The molecule has 242 valence electrons. The van der Waals surface area contributed by atoms with Gasteiger partial charge in [0.05, 0.1) is 48.1 Å². The van der Waals surface area contributed by atoms with Crippen molar-refractivity contribution in [2.75, 3.05) is 50.7 Å². The molecule has 3 N–H and O–H groups in total. The Morgan fingerprint density at radius 3 is 2.67 bits per heavy atom. The number of ether oxygens (including phenoxy) is 1. The van der Waals surface area contributed by atoms with Crippen molar-refractivity contribution in [1.82, 2.24) is 19.6 Å². The number of carbonyl (C=O) groups excluding carboxylic acids is 1. The number of likely N-dealkylation sites (tertiary alicyclic amines) is 1. The fraction of sp³-hybridized carbons (Fsp3) is 0.400. The van der Waals surface area contributed by atoms with Gasteiger partial charge in [-0.05, 0) is 49.2 Å². The summed E-state index contributed by atoms with van der Waals surface area (Å²) in [6.07, 6.45) is -3.12. The fourth-order valence-corrected chi connectivity index (χ4v) is 5.54. The number of piperidine rings is 1. The summed E-state index contributed by atoms with van der Waals surface area (Å²) in [4.78, 5) is 18.2. The first-order chi connectivity index (χ1) is 21.2. The summed E-state index contributed by atoms with van der Waals surface area (Å²) < 4.78 is 86.6. The van der Waals surface area contributed by atoms with Gasteiger partial charge in [-0.2, -0.15) is 13.2 Å². The number of benzene rings is 1. The summed E-state index contributed by atoms with van der Waals surface area (Å²) in [5.74, 6) is 5.28. The van der Waals surface area contributed by atoms with E-state index in [1.807, 2.05) is 11.9 Å². The van der Waals surface area contributed by atoms with Crippen molar-refractivity contribution in [2.45, 2.75) is 42.7 Å². The van der Waals surface area contributed by atoms with Crippen LogP contribution in [0.2, 0.25) is 0 Å². The molecule has 1 aliphatic heterocycles. The standard InChI is InChI=1S/C30H34F4N6O4S/c1-5-28(41)36-16-19-13-25(37-22-10-12-39(2)18-21(22)31)29-38-23(26(40(29)17-19)15-30(32,33)34)7-6-11-35-24-9-8-20(45(4,42)43)14-27(24)44-3/h5,8-9,13-14,17,21-22,35,37H,1,10-12,15-16,18H2,2-4H3,(H,36,41)/t21-,22+/m0/s1. The molecule has 1 aliphatic rings. The van der Waals surface area contributed by atoms with E-state index in [9.17, 15) is 30.8 Å². The number of nitrogens with one attached hydrogen (secondary N) is 3. The second-order valence-corrected chi connectivity index (χ2v) is 12.7. The lowest BCUT2D eigenvalue weighted by molar-refractivity contribution is -0.128. The van der Waals surface area contributed by atoms with Crippen molar-refractivity contribution in [3.63, 3.8) is 0 Å². The zero-order valence-electron chi connectivity index (χ0n) is 25.0. The fourth-order valence-electron chi connectivity index (χ4n) is 4.91. The molecule has 0 aliphatic carbocycles. The molecule has 45 heavy (non-hydrogen) atoms. The maximum Gasteiger partial charge on any atom is 0.394 e. The summed E-state index contributed by atoms with van der Waals surface area (Å²) in [5, 5.41) is 8.72. The van der Waals surface area contributed by atoms with E-state index in [4.69, 9.17) is 4.74 Å². The maximum absolute atomic E-state index is 15.0. The molecule has 0 unspecified atom stereocenters. The molecule has 3 aromatic rings. The van der Waals surface area contributed by atoms with E-state index in [1.165, 1.54) is 35.9 Å². The quantitative estimate of drug-likeness (QED) is 0.173. The van der Waals surface area contributed by atoms with E-state index >= 15 is 0 Å². The molecule has 2 atom stereocenters. The zero-order chi connectivity index (χ0) is 32.9. The minimum Gasteiger partial charge on any atom is -0.495 e. The Balaban J connectivity index is 1.72. The number of rotatable bonds is 10. The van der Waals surface area contributed by atoms with Crippen molar-refractivity contribution in [3.8, 4) is 17.6 Å². The van der Waals surface area contributed by atoms with E-state index in [0.29, 0.717) is 29.9 Å². The van der Waals surface area contributed by atoms with Gasteiger partial charge in [0.2, 0.25) is 5.91 Å². The number of nitrogens with zero attached hydrogens (tertiary/aromatic N) is 3. The van der Waals surface area contributed by atoms with Gasteiger partial charge in [0, 0.05) is 38.2 Å². The van der Waals surface area contributed by atoms with Crippen LogP contribution < -0.4 is 20.7 Å². The van der Waals surface area contributed by atoms with Crippen molar-refractivity contribution < 1.29 is 35.5 Å². The van der Waals surface area contributed by atoms with Crippen LogP contribution in [0.3, 0.4) is 0 Å². The van der Waals surface area contributed by atoms with Crippen LogP contribution >= 0.6 is 0 Å². The molecule has 1 aromatic carbocycles. The molecular formula is C30H34F4N6O4S. The summed E-state index contributed by atoms with van der Waals surface area (Å²) in [7, 11) is -0.288. The number of sulfone groups is 1. The highest BCUT2D eigenvalue weighted by atomic mass is 32.2. The molecule has 15 heteroatoms. The molecule has 1 amide bonds. The van der Waals surface area contributed by atoms with E-state index in [0.717, 1.165) is 12.3 Å². The number of methoxy groups -OCH3 is 1. The molecule has 2 aromatic heterocycles. The number of aromatic nitrogens is 2. The highest BCUT2D eigenvalue weighted by molar-refractivity contribution is 7.90. The predicted molar refractivity (Wildman–Crippen MR) is 163 cm³/mol. The van der Waals surface area contributed by atoms with Crippen LogP contribution in [0.5, 0.6) is 5.75 Å². The van der Waals surface area contributed by atoms with Crippen molar-refractivity contribution in [3.05, 3.63) is 60.1 Å². The number of amides is 1. The minimum atomic E-state index is -4.60. The van der Waals surface area contributed by atoms with Gasteiger partial charge in [0.1, 0.15) is 17.6 Å². The first-order valence-corrected chi connectivity index (χ1v) is 15.8. The van der Waals surface area contributed by atoms with E-state index < -0.39 is 40.6 Å². The summed E-state index contributed by atoms with van der Waals surface area (Å²) in [6.45, 7) is 4.18. The lowest BCUT2D eigenvalue weighted by Gasteiger charge is -2.33. The third kappa shape index (κ3) is 8.67. The molecule has 1 saturated heterocycles. The van der Waals surface area contributed by atoms with Crippen LogP contribution in [0.1, 0.15) is 23.4 Å². The predicted octanol–water partition coefficient (Wildman–Crippen LogP) is 3.57. The third-order valence-corrected chi connectivity index (χ3v) is 8.27. The molecule has 0 spiro atoms. The number of imidazole rings is 1. The summed E-state index contributed by atoms with van der Waals surface area (Å²) >= 11 is 0. The second kappa shape index (κ2) is 13.8. The van der Waals surface area contributed by atoms with Gasteiger partial charge < -0.3 is 30.0 Å². The number of halogens is 4. The van der Waals surface area contributed by atoms with Crippen LogP contribution in [0.25, 0.3) is 5.65 Å².